The molecule has 1 aromatic carbocycles. The first-order valence-electron chi connectivity index (χ1n) is 3.24. The van der Waals surface area contributed by atoms with Gasteiger partial charge in [0.05, 0.1) is 0 Å². The van der Waals surface area contributed by atoms with E-state index in [1.807, 2.05) is 0 Å². The fourth-order valence-corrected chi connectivity index (χ4v) is 2.90. The van der Waals surface area contributed by atoms with Gasteiger partial charge in [0.1, 0.15) is 0 Å². The van der Waals surface area contributed by atoms with Crippen molar-refractivity contribution in [3.8, 4) is 0 Å². The molecule has 0 aromatic heterocycles. The second-order valence-corrected chi connectivity index (χ2v) is 5.67. The molecule has 0 aliphatic rings. The molecule has 0 heterocycles. The molecule has 0 fully saturated rings. The van der Waals surface area contributed by atoms with E-state index in [1.165, 1.54) is 30.7 Å². The van der Waals surface area contributed by atoms with Crippen molar-refractivity contribution >= 4 is 46.3 Å². The molecule has 0 N–H and O–H groups in total. The fourth-order valence-electron chi connectivity index (χ4n) is 0.898. The van der Waals surface area contributed by atoms with Crippen LogP contribution >= 0.6 is 0 Å². The number of benzene rings is 1. The lowest BCUT2D eigenvalue weighted by Gasteiger charge is -2.01. The topological polar surface area (TPSA) is 0 Å². The summed E-state index contributed by atoms with van der Waals surface area (Å²) in [5.74, 6) is 0. The lowest BCUT2D eigenvalue weighted by Crippen LogP contribution is -2.38. The number of rotatable bonds is 0. The Morgan fingerprint density at radius 3 is 1.67 bits per heavy atom. The third kappa shape index (κ3) is 1.41. The zero-order valence-electron chi connectivity index (χ0n) is 6.23. The Kier molecular flexibility index (Phi) is 2.05. The second kappa shape index (κ2) is 2.64. The first kappa shape index (κ1) is 6.98. The zero-order valence-corrected chi connectivity index (χ0v) is 12.2. The summed E-state index contributed by atoms with van der Waals surface area (Å²) in [6.45, 7) is 0. The molecule has 0 saturated carbocycles. The molecule has 0 aliphatic carbocycles. The van der Waals surface area contributed by atoms with Crippen molar-refractivity contribution in [2.24, 2.45) is 0 Å². The molecular formula is C6H12Si3. The van der Waals surface area contributed by atoms with Crippen molar-refractivity contribution in [2.45, 2.75) is 0 Å². The first-order chi connectivity index (χ1) is 4.22. The van der Waals surface area contributed by atoms with Crippen LogP contribution in [-0.4, -0.2) is 30.7 Å². The van der Waals surface area contributed by atoms with Gasteiger partial charge in [0, 0.05) is 30.7 Å². The van der Waals surface area contributed by atoms with Gasteiger partial charge in [-0.1, -0.05) is 33.8 Å². The second-order valence-electron chi connectivity index (χ2n) is 2.52. The smallest absolute Gasteiger partial charge is 0.0382 e. The van der Waals surface area contributed by atoms with Crippen LogP contribution in [0, 0.1) is 0 Å². The Hall–Kier alpha value is -0.129. The summed E-state index contributed by atoms with van der Waals surface area (Å²) in [5, 5.41) is 4.92. The normalized spacial score (nSPS) is 10.7. The summed E-state index contributed by atoms with van der Waals surface area (Å²) in [5.41, 5.74) is 0. The van der Waals surface area contributed by atoms with Gasteiger partial charge in [0.2, 0.25) is 0 Å². The van der Waals surface area contributed by atoms with Crippen molar-refractivity contribution in [1.82, 2.24) is 0 Å². The molecule has 9 heavy (non-hydrogen) atoms. The zero-order chi connectivity index (χ0) is 6.85. The standard InChI is InChI=1S/C6H12Si3/c7-4-2-1-3-5(8)6(4)9/h1-3H,7-9H3. The molecule has 0 amide bonds. The van der Waals surface area contributed by atoms with E-state index >= 15 is 0 Å². The van der Waals surface area contributed by atoms with Gasteiger partial charge in [0.15, 0.2) is 0 Å². The molecule has 0 nitrogen and oxygen atoms in total. The lowest BCUT2D eigenvalue weighted by molar-refractivity contribution is 1.88. The van der Waals surface area contributed by atoms with E-state index in [9.17, 15) is 0 Å². The van der Waals surface area contributed by atoms with Crippen molar-refractivity contribution in [2.75, 3.05) is 0 Å². The van der Waals surface area contributed by atoms with Gasteiger partial charge in [-0.2, -0.15) is 0 Å². The van der Waals surface area contributed by atoms with Crippen molar-refractivity contribution in [1.29, 1.82) is 0 Å². The van der Waals surface area contributed by atoms with Crippen LogP contribution in [0.2, 0.25) is 0 Å². The van der Waals surface area contributed by atoms with Crippen LogP contribution in [0.5, 0.6) is 0 Å². The van der Waals surface area contributed by atoms with Gasteiger partial charge in [-0.05, 0) is 0 Å². The Labute approximate surface area is 64.9 Å². The minimum atomic E-state index is 1.23. The SMILES string of the molecule is [SiH3]c1cccc([SiH3])c1[SiH3]. The van der Waals surface area contributed by atoms with Crippen LogP contribution in [0.1, 0.15) is 0 Å². The Bertz CT molecular complexity index is 199. The maximum absolute atomic E-state index is 2.26. The van der Waals surface area contributed by atoms with E-state index in [1.54, 1.807) is 15.6 Å². The lowest BCUT2D eigenvalue weighted by atomic mass is 10.3. The van der Waals surface area contributed by atoms with E-state index in [-0.39, 0.29) is 0 Å². The number of hydrogen-bond acceptors (Lipinski definition) is 0. The monoisotopic (exact) mass is 168 g/mol. The van der Waals surface area contributed by atoms with Crippen LogP contribution in [0.15, 0.2) is 18.2 Å². The van der Waals surface area contributed by atoms with Crippen LogP contribution in [0.25, 0.3) is 0 Å². The highest BCUT2D eigenvalue weighted by Crippen LogP contribution is 1.70. The first-order valence-corrected chi connectivity index (χ1v) is 6.24. The minimum absolute atomic E-state index is 1.23. The molecule has 0 unspecified atom stereocenters. The largest absolute Gasteiger partial charge is 0.0742 e. The van der Waals surface area contributed by atoms with E-state index in [4.69, 9.17) is 0 Å². The average molecular weight is 168 g/mol. The maximum atomic E-state index is 2.26. The molecule has 48 valence electrons. The quantitative estimate of drug-likeness (QED) is 0.344. The predicted molar refractivity (Wildman–Crippen MR) is 55.2 cm³/mol. The summed E-state index contributed by atoms with van der Waals surface area (Å²) in [7, 11) is 3.71. The van der Waals surface area contributed by atoms with Gasteiger partial charge >= 0.3 is 0 Å². The van der Waals surface area contributed by atoms with Crippen LogP contribution in [0.3, 0.4) is 0 Å². The van der Waals surface area contributed by atoms with E-state index in [0.29, 0.717) is 0 Å². The van der Waals surface area contributed by atoms with Crippen LogP contribution < -0.4 is 15.6 Å². The summed E-state index contributed by atoms with van der Waals surface area (Å²) < 4.78 is 0. The molecule has 0 spiro atoms. The number of hydrogen-bond donors (Lipinski definition) is 0. The van der Waals surface area contributed by atoms with Crippen molar-refractivity contribution in [3.63, 3.8) is 0 Å². The van der Waals surface area contributed by atoms with Gasteiger partial charge in [-0.25, -0.2) is 0 Å². The average Bonchev–Trinajstić information content (AvgIpc) is 1.83. The highest BCUT2D eigenvalue weighted by molar-refractivity contribution is 6.56. The third-order valence-electron chi connectivity index (χ3n) is 1.88. The van der Waals surface area contributed by atoms with Gasteiger partial charge in [-0.15, -0.1) is 0 Å². The highest BCUT2D eigenvalue weighted by Gasteiger charge is 1.91. The van der Waals surface area contributed by atoms with E-state index in [0.717, 1.165) is 0 Å². The molecule has 0 aliphatic heterocycles. The van der Waals surface area contributed by atoms with Crippen LogP contribution in [-0.2, 0) is 0 Å². The van der Waals surface area contributed by atoms with E-state index in [2.05, 4.69) is 18.2 Å². The molecule has 0 saturated heterocycles. The summed E-state index contributed by atoms with van der Waals surface area (Å²) in [4.78, 5) is 0. The summed E-state index contributed by atoms with van der Waals surface area (Å²) in [6, 6.07) is 6.71. The van der Waals surface area contributed by atoms with Crippen molar-refractivity contribution in [3.05, 3.63) is 18.2 Å². The minimum Gasteiger partial charge on any atom is -0.0742 e. The predicted octanol–water partition coefficient (Wildman–Crippen LogP) is -4.34. The highest BCUT2D eigenvalue weighted by atomic mass is 28.2. The van der Waals surface area contributed by atoms with Gasteiger partial charge in [-0.3, -0.25) is 0 Å². The van der Waals surface area contributed by atoms with Crippen molar-refractivity contribution < 1.29 is 0 Å². The summed E-state index contributed by atoms with van der Waals surface area (Å²) in [6.07, 6.45) is 0. The summed E-state index contributed by atoms with van der Waals surface area (Å²) >= 11 is 0. The maximum Gasteiger partial charge on any atom is 0.0382 e. The Morgan fingerprint density at radius 1 is 0.889 bits per heavy atom. The van der Waals surface area contributed by atoms with Gasteiger partial charge < -0.3 is 0 Å². The molecule has 0 radical (unpaired) electrons. The molecular weight excluding hydrogens is 156 g/mol. The third-order valence-corrected chi connectivity index (χ3v) is 7.62. The molecule has 0 atom stereocenters. The fraction of sp³-hybridized carbons (Fsp3) is 0. The Morgan fingerprint density at radius 2 is 1.33 bits per heavy atom. The Balaban J connectivity index is 3.25. The molecule has 3 heteroatoms. The van der Waals surface area contributed by atoms with Crippen LogP contribution in [0.4, 0.5) is 0 Å². The molecule has 0 bridgehead atoms. The molecule has 1 rings (SSSR count). The molecule has 1 aromatic rings. The van der Waals surface area contributed by atoms with Gasteiger partial charge in [0.25, 0.3) is 0 Å². The van der Waals surface area contributed by atoms with E-state index < -0.39 is 0 Å².